The van der Waals surface area contributed by atoms with Crippen LogP contribution in [0.2, 0.25) is 0 Å². The van der Waals surface area contributed by atoms with Gasteiger partial charge in [0.15, 0.2) is 0 Å². The maximum absolute atomic E-state index is 14.0. The van der Waals surface area contributed by atoms with E-state index in [2.05, 4.69) is 10.6 Å². The van der Waals surface area contributed by atoms with Crippen LogP contribution < -0.4 is 10.6 Å². The largest absolute Gasteiger partial charge is 0.444 e. The fraction of sp³-hybridized carbons (Fsp3) is 0.654. The third kappa shape index (κ3) is 8.71. The van der Waals surface area contributed by atoms with Crippen LogP contribution in [0.1, 0.15) is 86.4 Å². The molecule has 0 aliphatic rings. The topological polar surface area (TPSA) is 87.7 Å². The van der Waals surface area contributed by atoms with Gasteiger partial charge in [-0.2, -0.15) is 0 Å². The Balaban J connectivity index is 3.53. The van der Waals surface area contributed by atoms with Gasteiger partial charge in [-0.25, -0.2) is 4.79 Å². The molecular weight excluding hydrogens is 418 g/mol. The number of nitrogens with zero attached hydrogens (tertiary/aromatic N) is 1. The molecule has 33 heavy (non-hydrogen) atoms. The molecule has 2 unspecified atom stereocenters. The molecule has 0 saturated carbocycles. The summed E-state index contributed by atoms with van der Waals surface area (Å²) in [5.41, 5.74) is 0.307. The van der Waals surface area contributed by atoms with Crippen molar-refractivity contribution in [2.75, 3.05) is 0 Å². The average molecular weight is 462 g/mol. The Morgan fingerprint density at radius 2 is 1.52 bits per heavy atom. The molecule has 0 aliphatic heterocycles. The maximum Gasteiger partial charge on any atom is 0.408 e. The molecule has 0 saturated heterocycles. The number of amides is 3. The molecule has 0 bridgehead atoms. The van der Waals surface area contributed by atoms with E-state index in [9.17, 15) is 14.4 Å². The lowest BCUT2D eigenvalue weighted by molar-refractivity contribution is -0.149. The normalized spacial score (nSPS) is 14.0. The zero-order valence-corrected chi connectivity index (χ0v) is 22.2. The monoisotopic (exact) mass is 461 g/mol. The summed E-state index contributed by atoms with van der Waals surface area (Å²) in [6, 6.07) is 5.79. The first-order valence-electron chi connectivity index (χ1n) is 11.6. The molecule has 7 heteroatoms. The van der Waals surface area contributed by atoms with E-state index >= 15 is 0 Å². The lowest BCUT2D eigenvalue weighted by atomic mass is 9.92. The van der Waals surface area contributed by atoms with Crippen molar-refractivity contribution in [3.8, 4) is 0 Å². The predicted molar refractivity (Wildman–Crippen MR) is 132 cm³/mol. The molecule has 0 aliphatic carbocycles. The predicted octanol–water partition coefficient (Wildman–Crippen LogP) is 4.74. The molecule has 2 N–H and O–H groups in total. The minimum Gasteiger partial charge on any atom is -0.444 e. The molecule has 1 aromatic carbocycles. The molecule has 7 nitrogen and oxygen atoms in total. The maximum atomic E-state index is 14.0. The molecule has 0 radical (unpaired) electrons. The molecule has 1 aromatic rings. The van der Waals surface area contributed by atoms with Crippen molar-refractivity contribution in [3.05, 3.63) is 35.4 Å². The van der Waals surface area contributed by atoms with Crippen molar-refractivity contribution in [1.82, 2.24) is 15.5 Å². The molecule has 2 atom stereocenters. The second-order valence-electron chi connectivity index (χ2n) is 11.2. The number of benzene rings is 1. The van der Waals surface area contributed by atoms with Gasteiger partial charge >= 0.3 is 6.09 Å². The first-order valence-corrected chi connectivity index (χ1v) is 11.6. The number of nitrogens with one attached hydrogen (secondary N) is 2. The SMILES string of the molecule is Cc1cccc(C(C(=O)NC(C)C)N(C(=O)C(NC(=O)OC(C)(C)C)C(C)C)C(C)(C)C)c1. The minimum atomic E-state index is -0.863. The van der Waals surface area contributed by atoms with E-state index in [1.54, 1.807) is 25.7 Å². The lowest BCUT2D eigenvalue weighted by Gasteiger charge is -2.43. The fourth-order valence-electron chi connectivity index (χ4n) is 3.56. The summed E-state index contributed by atoms with van der Waals surface area (Å²) in [4.78, 5) is 41.6. The highest BCUT2D eigenvalue weighted by atomic mass is 16.6. The van der Waals surface area contributed by atoms with E-state index in [0.29, 0.717) is 0 Å². The van der Waals surface area contributed by atoms with Gasteiger partial charge in [-0.05, 0) is 73.8 Å². The molecule has 0 aromatic heterocycles. The number of aryl methyl sites for hydroxylation is 1. The molecule has 0 spiro atoms. The smallest absolute Gasteiger partial charge is 0.408 e. The highest BCUT2D eigenvalue weighted by molar-refractivity contribution is 5.93. The van der Waals surface area contributed by atoms with Crippen LogP contribution in [0, 0.1) is 12.8 Å². The van der Waals surface area contributed by atoms with Crippen LogP contribution in [-0.4, -0.2) is 46.0 Å². The minimum absolute atomic E-state index is 0.0949. The summed E-state index contributed by atoms with van der Waals surface area (Å²) in [5.74, 6) is -0.825. The van der Waals surface area contributed by atoms with Crippen molar-refractivity contribution >= 4 is 17.9 Å². The third-order valence-electron chi connectivity index (χ3n) is 4.86. The summed E-state index contributed by atoms with van der Waals surface area (Å²) in [6.45, 7) is 20.4. The van der Waals surface area contributed by atoms with Crippen molar-refractivity contribution in [3.63, 3.8) is 0 Å². The van der Waals surface area contributed by atoms with E-state index in [-0.39, 0.29) is 23.8 Å². The Labute approximate surface area is 199 Å². The van der Waals surface area contributed by atoms with Gasteiger partial charge in [0.1, 0.15) is 17.7 Å². The van der Waals surface area contributed by atoms with Crippen LogP contribution in [-0.2, 0) is 14.3 Å². The molecule has 186 valence electrons. The molecule has 0 heterocycles. The van der Waals surface area contributed by atoms with E-state index in [1.807, 2.05) is 79.7 Å². The van der Waals surface area contributed by atoms with E-state index in [1.165, 1.54) is 0 Å². The van der Waals surface area contributed by atoms with E-state index in [0.717, 1.165) is 11.1 Å². The highest BCUT2D eigenvalue weighted by Crippen LogP contribution is 2.31. The van der Waals surface area contributed by atoms with Gasteiger partial charge in [0.05, 0.1) is 0 Å². The Morgan fingerprint density at radius 3 is 1.94 bits per heavy atom. The number of alkyl carbamates (subject to hydrolysis) is 1. The molecule has 1 rings (SSSR count). The highest BCUT2D eigenvalue weighted by Gasteiger charge is 2.42. The zero-order chi connectivity index (χ0) is 25.7. The first kappa shape index (κ1) is 28.5. The van der Waals surface area contributed by atoms with Gasteiger partial charge in [-0.15, -0.1) is 0 Å². The van der Waals surface area contributed by atoms with Crippen LogP contribution >= 0.6 is 0 Å². The summed E-state index contributed by atoms with van der Waals surface area (Å²) in [6.07, 6.45) is -0.665. The Bertz CT molecular complexity index is 835. The van der Waals surface area contributed by atoms with Crippen LogP contribution in [0.25, 0.3) is 0 Å². The van der Waals surface area contributed by atoms with Crippen LogP contribution in [0.5, 0.6) is 0 Å². The fourth-order valence-corrected chi connectivity index (χ4v) is 3.56. The van der Waals surface area contributed by atoms with Crippen LogP contribution in [0.3, 0.4) is 0 Å². The van der Waals surface area contributed by atoms with Gasteiger partial charge in [0.2, 0.25) is 11.8 Å². The van der Waals surface area contributed by atoms with Gasteiger partial charge < -0.3 is 20.3 Å². The summed E-state index contributed by atoms with van der Waals surface area (Å²) in [5, 5.41) is 5.70. The molecule has 3 amide bonds. The Kier molecular flexibility index (Phi) is 9.52. The first-order chi connectivity index (χ1) is 14.9. The lowest BCUT2D eigenvalue weighted by Crippen LogP contribution is -2.60. The van der Waals surface area contributed by atoms with Crippen molar-refractivity contribution < 1.29 is 19.1 Å². The molecule has 0 fully saturated rings. The summed E-state index contributed by atoms with van der Waals surface area (Å²) in [7, 11) is 0. The van der Waals surface area contributed by atoms with Crippen molar-refractivity contribution in [1.29, 1.82) is 0 Å². The van der Waals surface area contributed by atoms with E-state index < -0.39 is 29.3 Å². The summed E-state index contributed by atoms with van der Waals surface area (Å²) >= 11 is 0. The standard InChI is InChI=1S/C26H43N3O4/c1-16(2)20(28-24(32)33-26(9,10)11)23(31)29(25(6,7)8)21(22(30)27-17(3)4)19-14-12-13-18(5)15-19/h12-17,20-21H,1-11H3,(H,27,30)(H,28,32). The van der Waals surface area contributed by atoms with Crippen molar-refractivity contribution in [2.24, 2.45) is 5.92 Å². The van der Waals surface area contributed by atoms with Gasteiger partial charge in [-0.3, -0.25) is 9.59 Å². The number of hydrogen-bond donors (Lipinski definition) is 2. The van der Waals surface area contributed by atoms with E-state index in [4.69, 9.17) is 4.74 Å². The Hall–Kier alpha value is -2.57. The number of carbonyl (C=O) groups is 3. The van der Waals surface area contributed by atoms with Crippen LogP contribution in [0.15, 0.2) is 24.3 Å². The van der Waals surface area contributed by atoms with Gasteiger partial charge in [0, 0.05) is 11.6 Å². The third-order valence-corrected chi connectivity index (χ3v) is 4.86. The van der Waals surface area contributed by atoms with Crippen LogP contribution in [0.4, 0.5) is 4.79 Å². The number of hydrogen-bond acceptors (Lipinski definition) is 4. The van der Waals surface area contributed by atoms with Gasteiger partial charge in [-0.1, -0.05) is 43.7 Å². The number of ether oxygens (including phenoxy) is 1. The number of carbonyl (C=O) groups excluding carboxylic acids is 3. The van der Waals surface area contributed by atoms with Gasteiger partial charge in [0.25, 0.3) is 0 Å². The average Bonchev–Trinajstić information content (AvgIpc) is 2.60. The Morgan fingerprint density at radius 1 is 0.939 bits per heavy atom. The second-order valence-corrected chi connectivity index (χ2v) is 11.2. The number of rotatable bonds is 7. The van der Waals surface area contributed by atoms with Crippen molar-refractivity contribution in [2.45, 2.75) is 105 Å². The second kappa shape index (κ2) is 11.0. The quantitative estimate of drug-likeness (QED) is 0.614. The zero-order valence-electron chi connectivity index (χ0n) is 22.2. The molecular formula is C26H43N3O4. The summed E-state index contributed by atoms with van der Waals surface area (Å²) < 4.78 is 5.39.